The number of ether oxygens (including phenoxy) is 2. The van der Waals surface area contributed by atoms with E-state index in [2.05, 4.69) is 0 Å². The summed E-state index contributed by atoms with van der Waals surface area (Å²) in [6, 6.07) is 4.67. The first-order valence-corrected chi connectivity index (χ1v) is 5.80. The van der Waals surface area contributed by atoms with Crippen molar-refractivity contribution in [3.63, 3.8) is 0 Å². The molecule has 2 rings (SSSR count). The summed E-state index contributed by atoms with van der Waals surface area (Å²) < 4.78 is 11.2. The molecule has 0 bridgehead atoms. The quantitative estimate of drug-likeness (QED) is 0.845. The average Bonchev–Trinajstić information content (AvgIpc) is 2.28. The Morgan fingerprint density at radius 3 is 2.94 bits per heavy atom. The fraction of sp³-hybridized carbons (Fsp3) is 0.462. The molecule has 1 aromatic rings. The first kappa shape index (κ1) is 12.9. The first-order chi connectivity index (χ1) is 8.37. The lowest BCUT2D eigenvalue weighted by Gasteiger charge is -2.32. The smallest absolute Gasteiger partial charge is 0.320 e. The highest BCUT2D eigenvalue weighted by atomic mass is 16.7. The van der Waals surface area contributed by atoms with Gasteiger partial charge in [0.1, 0.15) is 11.8 Å². The third-order valence-electron chi connectivity index (χ3n) is 2.83. The summed E-state index contributed by atoms with van der Waals surface area (Å²) in [5, 5.41) is 8.78. The van der Waals surface area contributed by atoms with Crippen molar-refractivity contribution in [3.05, 3.63) is 29.3 Å². The number of nitrogens with two attached hydrogens (primary N) is 1. The van der Waals surface area contributed by atoms with E-state index < -0.39 is 17.8 Å². The van der Waals surface area contributed by atoms with Gasteiger partial charge in [0.25, 0.3) is 0 Å². The van der Waals surface area contributed by atoms with E-state index in [0.29, 0.717) is 13.0 Å². The molecule has 1 atom stereocenters. The summed E-state index contributed by atoms with van der Waals surface area (Å²) >= 11 is 0. The molecule has 98 valence electrons. The summed E-state index contributed by atoms with van der Waals surface area (Å²) in [5.41, 5.74) is 7.30. The number of carboxylic acids is 1. The molecule has 0 radical (unpaired) electrons. The van der Waals surface area contributed by atoms with Gasteiger partial charge in [-0.3, -0.25) is 4.79 Å². The van der Waals surface area contributed by atoms with Crippen molar-refractivity contribution >= 4 is 5.97 Å². The van der Waals surface area contributed by atoms with Crippen molar-refractivity contribution in [2.45, 2.75) is 38.7 Å². The lowest BCUT2D eigenvalue weighted by Crippen LogP contribution is -2.35. The fourth-order valence-electron chi connectivity index (χ4n) is 1.86. The molecule has 1 aromatic carbocycles. The van der Waals surface area contributed by atoms with E-state index in [-0.39, 0.29) is 0 Å². The van der Waals surface area contributed by atoms with Crippen LogP contribution in [-0.2, 0) is 22.6 Å². The van der Waals surface area contributed by atoms with Gasteiger partial charge in [0.05, 0.1) is 6.61 Å². The molecule has 0 spiro atoms. The molecule has 1 aliphatic heterocycles. The normalized spacial score (nSPS) is 18.6. The van der Waals surface area contributed by atoms with E-state index in [0.717, 1.165) is 16.9 Å². The van der Waals surface area contributed by atoms with Gasteiger partial charge in [-0.15, -0.1) is 0 Å². The van der Waals surface area contributed by atoms with Crippen LogP contribution in [0.15, 0.2) is 18.2 Å². The monoisotopic (exact) mass is 251 g/mol. The van der Waals surface area contributed by atoms with Crippen molar-refractivity contribution in [2.24, 2.45) is 5.73 Å². The molecule has 0 unspecified atom stereocenters. The Balaban J connectivity index is 2.16. The molecule has 0 amide bonds. The number of hydrogen-bond donors (Lipinski definition) is 2. The van der Waals surface area contributed by atoms with Crippen LogP contribution in [0.3, 0.4) is 0 Å². The number of benzene rings is 1. The maximum atomic E-state index is 10.7. The molecule has 0 fully saturated rings. The van der Waals surface area contributed by atoms with E-state index in [1.165, 1.54) is 0 Å². The van der Waals surface area contributed by atoms with Crippen molar-refractivity contribution in [1.29, 1.82) is 0 Å². The largest absolute Gasteiger partial charge is 0.480 e. The zero-order chi connectivity index (χ0) is 13.3. The molecular formula is C13H17NO4. The van der Waals surface area contributed by atoms with Gasteiger partial charge >= 0.3 is 5.97 Å². The van der Waals surface area contributed by atoms with Crippen LogP contribution in [0.4, 0.5) is 0 Å². The molecule has 0 saturated carbocycles. The number of aliphatic carboxylic acids is 1. The molecule has 18 heavy (non-hydrogen) atoms. The van der Waals surface area contributed by atoms with E-state index in [1.807, 2.05) is 32.0 Å². The van der Waals surface area contributed by atoms with E-state index in [1.54, 1.807) is 0 Å². The van der Waals surface area contributed by atoms with Gasteiger partial charge in [-0.1, -0.05) is 6.07 Å². The van der Waals surface area contributed by atoms with Gasteiger partial charge in [-0.05, 0) is 24.1 Å². The minimum Gasteiger partial charge on any atom is -0.480 e. The van der Waals surface area contributed by atoms with E-state index in [4.69, 9.17) is 20.3 Å². The van der Waals surface area contributed by atoms with Crippen LogP contribution < -0.4 is 10.5 Å². The predicted molar refractivity (Wildman–Crippen MR) is 65.3 cm³/mol. The van der Waals surface area contributed by atoms with E-state index >= 15 is 0 Å². The Morgan fingerprint density at radius 1 is 1.56 bits per heavy atom. The second-order valence-corrected chi connectivity index (χ2v) is 4.88. The molecule has 5 nitrogen and oxygen atoms in total. The number of fused-ring (bicyclic) bond motifs is 1. The van der Waals surface area contributed by atoms with Crippen LogP contribution in [0.25, 0.3) is 0 Å². The van der Waals surface area contributed by atoms with Gasteiger partial charge in [0, 0.05) is 19.4 Å². The van der Waals surface area contributed by atoms with Gasteiger partial charge in [-0.2, -0.15) is 0 Å². The Hall–Kier alpha value is -1.59. The SMILES string of the molecule is CC1(C)OCc2cc(C[C@H](N)C(=O)O)ccc2O1. The number of rotatable bonds is 3. The molecule has 0 aliphatic carbocycles. The number of hydrogen-bond acceptors (Lipinski definition) is 4. The molecule has 0 aromatic heterocycles. The minimum absolute atomic E-state index is 0.298. The lowest BCUT2D eigenvalue weighted by atomic mass is 10.0. The third-order valence-corrected chi connectivity index (χ3v) is 2.83. The highest BCUT2D eigenvalue weighted by Gasteiger charge is 2.27. The summed E-state index contributed by atoms with van der Waals surface area (Å²) in [6.07, 6.45) is 0.298. The number of carboxylic acid groups (broad SMARTS) is 1. The van der Waals surface area contributed by atoms with Crippen LogP contribution in [-0.4, -0.2) is 22.9 Å². The van der Waals surface area contributed by atoms with Gasteiger partial charge in [-0.25, -0.2) is 0 Å². The van der Waals surface area contributed by atoms with Gasteiger partial charge < -0.3 is 20.3 Å². The van der Waals surface area contributed by atoms with Crippen LogP contribution in [0.2, 0.25) is 0 Å². The molecule has 1 heterocycles. The summed E-state index contributed by atoms with van der Waals surface area (Å²) in [6.45, 7) is 4.16. The Labute approximate surface area is 106 Å². The second kappa shape index (κ2) is 4.59. The molecule has 5 heteroatoms. The molecule has 1 aliphatic rings. The molecule has 0 saturated heterocycles. The number of carbonyl (C=O) groups is 1. The minimum atomic E-state index is -0.999. The first-order valence-electron chi connectivity index (χ1n) is 5.80. The van der Waals surface area contributed by atoms with Crippen LogP contribution in [0.1, 0.15) is 25.0 Å². The Kier molecular flexibility index (Phi) is 3.28. The van der Waals surface area contributed by atoms with Gasteiger partial charge in [0.15, 0.2) is 0 Å². The maximum Gasteiger partial charge on any atom is 0.320 e. The van der Waals surface area contributed by atoms with Crippen LogP contribution in [0.5, 0.6) is 5.75 Å². The fourth-order valence-corrected chi connectivity index (χ4v) is 1.86. The lowest BCUT2D eigenvalue weighted by molar-refractivity contribution is -0.180. The van der Waals surface area contributed by atoms with Crippen molar-refractivity contribution in [2.75, 3.05) is 0 Å². The van der Waals surface area contributed by atoms with E-state index in [9.17, 15) is 4.79 Å². The summed E-state index contributed by atoms with van der Waals surface area (Å²) in [4.78, 5) is 10.7. The Bertz CT molecular complexity index is 470. The highest BCUT2D eigenvalue weighted by molar-refractivity contribution is 5.73. The highest BCUT2D eigenvalue weighted by Crippen LogP contribution is 2.31. The average molecular weight is 251 g/mol. The zero-order valence-electron chi connectivity index (χ0n) is 10.5. The summed E-state index contributed by atoms with van der Waals surface area (Å²) in [7, 11) is 0. The van der Waals surface area contributed by atoms with Crippen molar-refractivity contribution in [1.82, 2.24) is 0 Å². The predicted octanol–water partition coefficient (Wildman–Crippen LogP) is 1.29. The Morgan fingerprint density at radius 2 is 2.28 bits per heavy atom. The molecular weight excluding hydrogens is 234 g/mol. The van der Waals surface area contributed by atoms with Crippen molar-refractivity contribution < 1.29 is 19.4 Å². The maximum absolute atomic E-state index is 10.7. The second-order valence-electron chi connectivity index (χ2n) is 4.88. The zero-order valence-corrected chi connectivity index (χ0v) is 10.5. The topological polar surface area (TPSA) is 81.8 Å². The third kappa shape index (κ3) is 2.80. The summed E-state index contributed by atoms with van der Waals surface area (Å²) in [5.74, 6) is -0.841. The van der Waals surface area contributed by atoms with Gasteiger partial charge in [0.2, 0.25) is 5.79 Å². The van der Waals surface area contributed by atoms with Crippen LogP contribution in [0, 0.1) is 0 Å². The van der Waals surface area contributed by atoms with Crippen LogP contribution >= 0.6 is 0 Å². The van der Waals surface area contributed by atoms with Crippen molar-refractivity contribution in [3.8, 4) is 5.75 Å². The standard InChI is InChI=1S/C13H17NO4/c1-13(2)17-7-9-5-8(3-4-11(9)18-13)6-10(14)12(15)16/h3-5,10H,6-7,14H2,1-2H3,(H,15,16)/t10-/m0/s1. The molecule has 3 N–H and O–H groups in total.